The lowest BCUT2D eigenvalue weighted by molar-refractivity contribution is -0.128. The largest absolute Gasteiger partial charge is 0.392 e. The summed E-state index contributed by atoms with van der Waals surface area (Å²) in [6.45, 7) is 5.64. The molecule has 0 saturated carbocycles. The monoisotopic (exact) mass is 296 g/mol. The molecule has 1 aromatic rings. The Hall–Kier alpha value is -1.49. The van der Waals surface area contributed by atoms with Gasteiger partial charge in [-0.3, -0.25) is 4.79 Å². The summed E-state index contributed by atoms with van der Waals surface area (Å²) in [4.78, 5) is 12.7. The van der Waals surface area contributed by atoms with E-state index in [1.54, 1.807) is 12.1 Å². The van der Waals surface area contributed by atoms with Crippen LogP contribution in [0.15, 0.2) is 24.3 Å². The molecular formula is C15H21FN2OS. The molecular weight excluding hydrogens is 275 g/mol. The van der Waals surface area contributed by atoms with Crippen LogP contribution >= 0.6 is 12.2 Å². The molecule has 1 unspecified atom stereocenters. The fourth-order valence-corrected chi connectivity index (χ4v) is 2.58. The Kier molecular flexibility index (Phi) is 5.62. The summed E-state index contributed by atoms with van der Waals surface area (Å²) < 4.78 is 12.9. The molecule has 20 heavy (non-hydrogen) atoms. The summed E-state index contributed by atoms with van der Waals surface area (Å²) in [5.41, 5.74) is 5.77. The van der Waals surface area contributed by atoms with Gasteiger partial charge in [0.2, 0.25) is 5.91 Å². The zero-order valence-electron chi connectivity index (χ0n) is 12.1. The van der Waals surface area contributed by atoms with E-state index >= 15 is 0 Å². The normalized spacial score (nSPS) is 12.8. The van der Waals surface area contributed by atoms with E-state index in [-0.39, 0.29) is 22.8 Å². The molecule has 0 spiro atoms. The number of hydrogen-bond donors (Lipinski definition) is 2. The predicted octanol–water partition coefficient (Wildman–Crippen LogP) is 3.10. The number of rotatable bonds is 6. The number of nitrogens with two attached hydrogens (primary N) is 1. The van der Waals surface area contributed by atoms with E-state index in [0.29, 0.717) is 12.8 Å². The minimum absolute atomic E-state index is 0.174. The maximum atomic E-state index is 12.9. The van der Waals surface area contributed by atoms with Crippen molar-refractivity contribution < 1.29 is 9.18 Å². The molecule has 1 atom stereocenters. The van der Waals surface area contributed by atoms with Crippen LogP contribution in [0.1, 0.15) is 45.2 Å². The molecule has 3 N–H and O–H groups in total. The van der Waals surface area contributed by atoms with Crippen molar-refractivity contribution in [2.45, 2.75) is 39.7 Å². The van der Waals surface area contributed by atoms with Gasteiger partial charge in [-0.25, -0.2) is 4.39 Å². The first kappa shape index (κ1) is 16.6. The summed E-state index contributed by atoms with van der Waals surface area (Å²) >= 11 is 5.06. The molecule has 3 nitrogen and oxygen atoms in total. The van der Waals surface area contributed by atoms with Gasteiger partial charge in [0.25, 0.3) is 0 Å². The number of amides is 1. The first-order valence-electron chi connectivity index (χ1n) is 6.73. The van der Waals surface area contributed by atoms with Gasteiger partial charge in [0.1, 0.15) is 5.82 Å². The lowest BCUT2D eigenvalue weighted by atomic mass is 9.81. The zero-order chi connectivity index (χ0) is 15.3. The van der Waals surface area contributed by atoms with Crippen LogP contribution < -0.4 is 11.1 Å². The van der Waals surface area contributed by atoms with Gasteiger partial charge in [0.05, 0.1) is 16.4 Å². The number of halogens is 1. The average molecular weight is 296 g/mol. The number of nitrogens with one attached hydrogen (secondary N) is 1. The molecule has 0 aliphatic carbocycles. The minimum Gasteiger partial charge on any atom is -0.392 e. The molecule has 0 saturated heterocycles. The van der Waals surface area contributed by atoms with Crippen LogP contribution in [-0.4, -0.2) is 10.9 Å². The maximum absolute atomic E-state index is 12.9. The Morgan fingerprint density at radius 1 is 1.35 bits per heavy atom. The second-order valence-electron chi connectivity index (χ2n) is 4.90. The first-order valence-corrected chi connectivity index (χ1v) is 7.14. The van der Waals surface area contributed by atoms with Crippen LogP contribution in [-0.2, 0) is 4.79 Å². The summed E-state index contributed by atoms with van der Waals surface area (Å²) in [6.07, 6.45) is 1.11. The second kappa shape index (κ2) is 6.79. The van der Waals surface area contributed by atoms with Gasteiger partial charge in [-0.1, -0.05) is 38.2 Å². The quantitative estimate of drug-likeness (QED) is 0.793. The molecule has 110 valence electrons. The minimum atomic E-state index is -0.816. The smallest absolute Gasteiger partial charge is 0.233 e. The number of hydrogen-bond acceptors (Lipinski definition) is 2. The molecule has 0 bridgehead atoms. The number of benzene rings is 1. The zero-order valence-corrected chi connectivity index (χ0v) is 12.9. The van der Waals surface area contributed by atoms with Gasteiger partial charge in [0.15, 0.2) is 0 Å². The van der Waals surface area contributed by atoms with Crippen LogP contribution in [0.3, 0.4) is 0 Å². The van der Waals surface area contributed by atoms with Crippen LogP contribution in [0.4, 0.5) is 4.39 Å². The van der Waals surface area contributed by atoms with E-state index < -0.39 is 5.41 Å². The Balaban J connectivity index is 2.88. The van der Waals surface area contributed by atoms with Crippen molar-refractivity contribution in [1.82, 2.24) is 5.32 Å². The summed E-state index contributed by atoms with van der Waals surface area (Å²) in [5.74, 6) is -0.473. The average Bonchev–Trinajstić information content (AvgIpc) is 2.41. The first-order chi connectivity index (χ1) is 9.37. The molecule has 1 rings (SSSR count). The van der Waals surface area contributed by atoms with Crippen molar-refractivity contribution in [2.75, 3.05) is 0 Å². The van der Waals surface area contributed by atoms with Gasteiger partial charge in [-0.15, -0.1) is 0 Å². The Morgan fingerprint density at radius 3 is 2.25 bits per heavy atom. The van der Waals surface area contributed by atoms with E-state index in [1.165, 1.54) is 12.1 Å². The Labute approximate surface area is 124 Å². The van der Waals surface area contributed by atoms with Crippen molar-refractivity contribution in [3.05, 3.63) is 35.6 Å². The van der Waals surface area contributed by atoms with Gasteiger partial charge < -0.3 is 11.1 Å². The highest BCUT2D eigenvalue weighted by Crippen LogP contribution is 2.28. The van der Waals surface area contributed by atoms with Crippen LogP contribution in [0.5, 0.6) is 0 Å². The predicted molar refractivity (Wildman–Crippen MR) is 82.8 cm³/mol. The van der Waals surface area contributed by atoms with Crippen LogP contribution in [0.25, 0.3) is 0 Å². The van der Waals surface area contributed by atoms with Gasteiger partial charge in [0, 0.05) is 0 Å². The third-order valence-electron chi connectivity index (χ3n) is 3.83. The lowest BCUT2D eigenvalue weighted by Gasteiger charge is -2.30. The maximum Gasteiger partial charge on any atom is 0.233 e. The molecule has 0 fully saturated rings. The molecule has 0 aliphatic heterocycles. The SMILES string of the molecule is CCC(CC)(C(=O)NC(C)c1ccc(F)cc1)C(N)=S. The third-order valence-corrected chi connectivity index (χ3v) is 4.22. The molecule has 0 aliphatic rings. The highest BCUT2D eigenvalue weighted by Gasteiger charge is 2.38. The van der Waals surface area contributed by atoms with E-state index in [0.717, 1.165) is 5.56 Å². The standard InChI is InChI=1S/C15H21FN2OS/c1-4-15(5-2,13(17)20)14(19)18-10(3)11-6-8-12(16)9-7-11/h6-10H,4-5H2,1-3H3,(H2,17,20)(H,18,19). The van der Waals surface area contributed by atoms with Crippen molar-refractivity contribution in [3.8, 4) is 0 Å². The number of thiocarbonyl (C=S) groups is 1. The fourth-order valence-electron chi connectivity index (χ4n) is 2.20. The van der Waals surface area contributed by atoms with Crippen molar-refractivity contribution in [3.63, 3.8) is 0 Å². The molecule has 5 heteroatoms. The summed E-state index contributed by atoms with van der Waals surface area (Å²) in [6, 6.07) is 5.83. The molecule has 1 amide bonds. The highest BCUT2D eigenvalue weighted by atomic mass is 32.1. The Bertz CT molecular complexity index is 483. The second-order valence-corrected chi connectivity index (χ2v) is 5.34. The molecule has 0 heterocycles. The van der Waals surface area contributed by atoms with Crippen molar-refractivity contribution in [1.29, 1.82) is 0 Å². The van der Waals surface area contributed by atoms with Crippen molar-refractivity contribution >= 4 is 23.1 Å². The fraction of sp³-hybridized carbons (Fsp3) is 0.467. The van der Waals surface area contributed by atoms with E-state index in [4.69, 9.17) is 18.0 Å². The summed E-state index contributed by atoms with van der Waals surface area (Å²) in [5, 5.41) is 2.91. The molecule has 1 aromatic carbocycles. The third kappa shape index (κ3) is 3.33. The highest BCUT2D eigenvalue weighted by molar-refractivity contribution is 7.80. The van der Waals surface area contributed by atoms with E-state index in [9.17, 15) is 9.18 Å². The van der Waals surface area contributed by atoms with Gasteiger partial charge >= 0.3 is 0 Å². The molecule has 0 aromatic heterocycles. The van der Waals surface area contributed by atoms with Crippen LogP contribution in [0, 0.1) is 11.2 Å². The number of carbonyl (C=O) groups excluding carboxylic acids is 1. The lowest BCUT2D eigenvalue weighted by Crippen LogP contribution is -2.48. The van der Waals surface area contributed by atoms with Gasteiger partial charge in [-0.05, 0) is 37.5 Å². The molecule has 0 radical (unpaired) electrons. The van der Waals surface area contributed by atoms with Gasteiger partial charge in [-0.2, -0.15) is 0 Å². The van der Waals surface area contributed by atoms with Crippen LogP contribution in [0.2, 0.25) is 0 Å². The summed E-state index contributed by atoms with van der Waals surface area (Å²) in [7, 11) is 0. The topological polar surface area (TPSA) is 55.1 Å². The van der Waals surface area contributed by atoms with Crippen molar-refractivity contribution in [2.24, 2.45) is 11.1 Å². The number of carbonyl (C=O) groups is 1. The Morgan fingerprint density at radius 2 is 1.85 bits per heavy atom. The van der Waals surface area contributed by atoms with E-state index in [2.05, 4.69) is 5.32 Å². The van der Waals surface area contributed by atoms with E-state index in [1.807, 2.05) is 20.8 Å².